The fourth-order valence-electron chi connectivity index (χ4n) is 6.50. The van der Waals surface area contributed by atoms with E-state index >= 15 is 0 Å². The van der Waals surface area contributed by atoms with E-state index < -0.39 is 0 Å². The Hall–Kier alpha value is -2.41. The van der Waals surface area contributed by atoms with Crippen molar-refractivity contribution in [1.29, 1.82) is 0 Å². The van der Waals surface area contributed by atoms with Crippen molar-refractivity contribution in [1.82, 2.24) is 24.3 Å². The van der Waals surface area contributed by atoms with Gasteiger partial charge in [-0.1, -0.05) is 6.42 Å². The maximum atomic E-state index is 13.3. The van der Waals surface area contributed by atoms with Crippen LogP contribution in [0.25, 0.3) is 0 Å². The molecular weight excluding hydrogens is 378 g/mol. The number of pyridine rings is 1. The standard InChI is InChI=1S/C23H29N5O2/c29-22(27-12-16-2-1-3-17(16)13-27)19-4-5-20-18-8-15(10-28(20)23(19)30)9-26(11-18)14-21-24-6-7-25-21/h4-7,15-18H,1-3,8-14H2,(H,24,25)/t15-,16-,17+,18+/m0/s1. The Kier molecular flexibility index (Phi) is 4.33. The van der Waals surface area contributed by atoms with Gasteiger partial charge in [0.25, 0.3) is 11.5 Å². The molecule has 2 saturated heterocycles. The monoisotopic (exact) mass is 407 g/mol. The molecule has 0 spiro atoms. The van der Waals surface area contributed by atoms with E-state index in [0.717, 1.165) is 50.7 Å². The van der Waals surface area contributed by atoms with Crippen LogP contribution in [0.4, 0.5) is 0 Å². The van der Waals surface area contributed by atoms with Gasteiger partial charge in [-0.05, 0) is 49.1 Å². The van der Waals surface area contributed by atoms with Crippen molar-refractivity contribution in [3.8, 4) is 0 Å². The molecule has 5 heterocycles. The van der Waals surface area contributed by atoms with Crippen LogP contribution < -0.4 is 5.56 Å². The summed E-state index contributed by atoms with van der Waals surface area (Å²) >= 11 is 0. The van der Waals surface area contributed by atoms with Crippen molar-refractivity contribution < 1.29 is 4.79 Å². The van der Waals surface area contributed by atoms with Gasteiger partial charge in [0, 0.05) is 56.7 Å². The molecular formula is C23H29N5O2. The number of rotatable bonds is 3. The highest BCUT2D eigenvalue weighted by atomic mass is 16.2. The molecule has 0 radical (unpaired) electrons. The average Bonchev–Trinajstić information content (AvgIpc) is 3.46. The van der Waals surface area contributed by atoms with E-state index in [-0.39, 0.29) is 11.5 Å². The Labute approximate surface area is 176 Å². The van der Waals surface area contributed by atoms with Crippen molar-refractivity contribution in [2.45, 2.75) is 44.7 Å². The quantitative estimate of drug-likeness (QED) is 0.845. The first-order valence-electron chi connectivity index (χ1n) is 11.4. The molecule has 3 aliphatic heterocycles. The smallest absolute Gasteiger partial charge is 0.263 e. The number of likely N-dealkylation sites (tertiary alicyclic amines) is 2. The van der Waals surface area contributed by atoms with Crippen molar-refractivity contribution in [3.63, 3.8) is 0 Å². The first kappa shape index (κ1) is 18.4. The number of aromatic nitrogens is 3. The van der Waals surface area contributed by atoms with Crippen LogP contribution in [0.1, 0.15) is 53.5 Å². The van der Waals surface area contributed by atoms with Crippen molar-refractivity contribution >= 4 is 5.91 Å². The zero-order chi connectivity index (χ0) is 20.2. The number of aromatic amines is 1. The highest BCUT2D eigenvalue weighted by Gasteiger charge is 2.40. The van der Waals surface area contributed by atoms with Gasteiger partial charge in [-0.15, -0.1) is 0 Å². The van der Waals surface area contributed by atoms with Gasteiger partial charge in [-0.3, -0.25) is 14.5 Å². The molecule has 30 heavy (non-hydrogen) atoms. The minimum Gasteiger partial charge on any atom is -0.348 e. The highest BCUT2D eigenvalue weighted by Crippen LogP contribution is 2.38. The number of imidazole rings is 1. The predicted molar refractivity (Wildman–Crippen MR) is 112 cm³/mol. The van der Waals surface area contributed by atoms with E-state index in [9.17, 15) is 9.59 Å². The van der Waals surface area contributed by atoms with Crippen LogP contribution in [0.15, 0.2) is 29.3 Å². The second-order valence-electron chi connectivity index (χ2n) is 9.78. The second kappa shape index (κ2) is 7.08. The summed E-state index contributed by atoms with van der Waals surface area (Å²) in [5.74, 6) is 3.02. The molecule has 0 unspecified atom stereocenters. The van der Waals surface area contributed by atoms with Gasteiger partial charge in [0.1, 0.15) is 11.4 Å². The Morgan fingerprint density at radius 1 is 1.10 bits per heavy atom. The van der Waals surface area contributed by atoms with E-state index in [1.54, 1.807) is 12.3 Å². The van der Waals surface area contributed by atoms with Crippen LogP contribution in [0.3, 0.4) is 0 Å². The van der Waals surface area contributed by atoms with E-state index in [1.807, 2.05) is 21.7 Å². The van der Waals surface area contributed by atoms with Crippen LogP contribution in [-0.4, -0.2) is 56.4 Å². The molecule has 1 saturated carbocycles. The summed E-state index contributed by atoms with van der Waals surface area (Å²) in [4.78, 5) is 38.4. The van der Waals surface area contributed by atoms with Gasteiger partial charge in [0.15, 0.2) is 0 Å². The number of hydrogen-bond acceptors (Lipinski definition) is 4. The van der Waals surface area contributed by atoms with Gasteiger partial charge in [0.2, 0.25) is 0 Å². The lowest BCUT2D eigenvalue weighted by Crippen LogP contribution is -2.48. The van der Waals surface area contributed by atoms with Crippen molar-refractivity contribution in [2.24, 2.45) is 17.8 Å². The van der Waals surface area contributed by atoms with Gasteiger partial charge >= 0.3 is 0 Å². The Morgan fingerprint density at radius 2 is 1.93 bits per heavy atom. The van der Waals surface area contributed by atoms with E-state index in [4.69, 9.17) is 0 Å². The maximum absolute atomic E-state index is 13.3. The Balaban J connectivity index is 1.23. The molecule has 3 fully saturated rings. The molecule has 1 aliphatic carbocycles. The number of carbonyl (C=O) groups excluding carboxylic acids is 1. The summed E-state index contributed by atoms with van der Waals surface area (Å²) in [7, 11) is 0. The number of nitrogens with zero attached hydrogens (tertiary/aromatic N) is 4. The third kappa shape index (κ3) is 3.02. The molecule has 1 N–H and O–H groups in total. The van der Waals surface area contributed by atoms with Gasteiger partial charge in [-0.2, -0.15) is 0 Å². The summed E-state index contributed by atoms with van der Waals surface area (Å²) < 4.78 is 1.91. The van der Waals surface area contributed by atoms with Crippen molar-refractivity contribution in [2.75, 3.05) is 26.2 Å². The van der Waals surface area contributed by atoms with Crippen LogP contribution in [0.2, 0.25) is 0 Å². The molecule has 6 rings (SSSR count). The fraction of sp³-hybridized carbons (Fsp3) is 0.609. The SMILES string of the molecule is O=C(c1ccc2n(c1=O)C[C@H]1C[C@@H]2CN(Cc2ncc[nH]2)C1)N1C[C@H]2CCC[C@H]2C1. The minimum atomic E-state index is -0.0799. The van der Waals surface area contributed by atoms with E-state index in [2.05, 4.69) is 14.9 Å². The van der Waals surface area contributed by atoms with Crippen LogP contribution in [0.5, 0.6) is 0 Å². The summed E-state index contributed by atoms with van der Waals surface area (Å²) in [5, 5.41) is 0. The number of fused-ring (bicyclic) bond motifs is 5. The fourth-order valence-corrected chi connectivity index (χ4v) is 6.50. The second-order valence-corrected chi connectivity index (χ2v) is 9.78. The zero-order valence-electron chi connectivity index (χ0n) is 17.3. The lowest BCUT2D eigenvalue weighted by atomic mass is 9.83. The molecule has 2 bridgehead atoms. The van der Waals surface area contributed by atoms with Crippen molar-refractivity contribution in [3.05, 3.63) is 52.0 Å². The Bertz CT molecular complexity index is 1000. The number of hydrogen-bond donors (Lipinski definition) is 1. The lowest BCUT2D eigenvalue weighted by molar-refractivity contribution is 0.0775. The van der Waals surface area contributed by atoms with Gasteiger partial charge in [-0.25, -0.2) is 4.98 Å². The normalized spacial score (nSPS) is 30.3. The third-order valence-corrected chi connectivity index (χ3v) is 7.85. The van der Waals surface area contributed by atoms with Gasteiger partial charge < -0.3 is 14.5 Å². The third-order valence-electron chi connectivity index (χ3n) is 7.85. The van der Waals surface area contributed by atoms with Crippen LogP contribution in [0, 0.1) is 17.8 Å². The molecule has 158 valence electrons. The van der Waals surface area contributed by atoms with Crippen LogP contribution in [-0.2, 0) is 13.1 Å². The predicted octanol–water partition coefficient (Wildman–Crippen LogP) is 2.06. The zero-order valence-corrected chi connectivity index (χ0v) is 17.3. The summed E-state index contributed by atoms with van der Waals surface area (Å²) in [6, 6.07) is 3.85. The molecule has 2 aromatic heterocycles. The number of H-pyrrole nitrogens is 1. The number of nitrogens with one attached hydrogen (secondary N) is 1. The topological polar surface area (TPSA) is 74.2 Å². The number of amides is 1. The first-order valence-corrected chi connectivity index (χ1v) is 11.4. The number of piperidine rings is 1. The van der Waals surface area contributed by atoms with E-state index in [1.165, 1.54) is 19.3 Å². The molecule has 1 amide bonds. The van der Waals surface area contributed by atoms with Gasteiger partial charge in [0.05, 0.1) is 6.54 Å². The lowest BCUT2D eigenvalue weighted by Gasteiger charge is -2.42. The Morgan fingerprint density at radius 3 is 2.70 bits per heavy atom. The minimum absolute atomic E-state index is 0.0557. The summed E-state index contributed by atoms with van der Waals surface area (Å²) in [6.07, 6.45) is 8.53. The average molecular weight is 408 g/mol. The molecule has 2 aromatic rings. The largest absolute Gasteiger partial charge is 0.348 e. The number of carbonyl (C=O) groups is 1. The molecule has 7 nitrogen and oxygen atoms in total. The first-order chi connectivity index (χ1) is 14.7. The highest BCUT2D eigenvalue weighted by molar-refractivity contribution is 5.94. The maximum Gasteiger partial charge on any atom is 0.263 e. The van der Waals surface area contributed by atoms with Crippen LogP contribution >= 0.6 is 0 Å². The molecule has 4 atom stereocenters. The van der Waals surface area contributed by atoms with E-state index in [0.29, 0.717) is 35.8 Å². The summed E-state index contributed by atoms with van der Waals surface area (Å²) in [6.45, 7) is 5.09. The summed E-state index contributed by atoms with van der Waals surface area (Å²) in [5.41, 5.74) is 1.38. The molecule has 4 aliphatic rings. The molecule has 0 aromatic carbocycles. The molecule has 7 heteroatoms.